The molecule has 3 N–H and O–H groups in total. The molecule has 2 amide bonds. The number of halogens is 1. The number of aryl methyl sites for hydroxylation is 1. The quantitative estimate of drug-likeness (QED) is 0.567. The number of amides is 2. The highest BCUT2D eigenvalue weighted by molar-refractivity contribution is 9.10. The number of nitrogens with zero attached hydrogens (tertiary/aromatic N) is 1. The van der Waals surface area contributed by atoms with Crippen molar-refractivity contribution >= 4 is 50.9 Å². The number of hydrogen-bond donors (Lipinski definition) is 3. The van der Waals surface area contributed by atoms with Crippen LogP contribution in [0, 0.1) is 13.8 Å². The summed E-state index contributed by atoms with van der Waals surface area (Å²) in [4.78, 5) is 42.2. The molecule has 8 heteroatoms. The van der Waals surface area contributed by atoms with Gasteiger partial charge in [-0.25, -0.2) is 0 Å². The molecule has 0 spiro atoms. The van der Waals surface area contributed by atoms with Crippen LogP contribution in [-0.4, -0.2) is 53.7 Å². The Morgan fingerprint density at radius 3 is 2.87 bits per heavy atom. The van der Waals surface area contributed by atoms with Crippen molar-refractivity contribution in [3.8, 4) is 0 Å². The number of benzene rings is 1. The highest BCUT2D eigenvalue weighted by atomic mass is 79.9. The Morgan fingerprint density at radius 2 is 2.10 bits per heavy atom. The van der Waals surface area contributed by atoms with Gasteiger partial charge in [0.05, 0.1) is 17.7 Å². The van der Waals surface area contributed by atoms with Gasteiger partial charge in [-0.3, -0.25) is 19.3 Å². The molecular formula is C23H25BrN4O3. The van der Waals surface area contributed by atoms with Gasteiger partial charge in [-0.05, 0) is 56.7 Å². The van der Waals surface area contributed by atoms with Crippen LogP contribution in [0.1, 0.15) is 45.7 Å². The Balaban J connectivity index is 1.50. The van der Waals surface area contributed by atoms with E-state index in [-0.39, 0.29) is 17.6 Å². The van der Waals surface area contributed by atoms with Gasteiger partial charge in [-0.2, -0.15) is 0 Å². The molecule has 1 saturated heterocycles. The van der Waals surface area contributed by atoms with E-state index < -0.39 is 0 Å². The Bertz CT molecular complexity index is 1100. The predicted octanol–water partition coefficient (Wildman–Crippen LogP) is 3.28. The molecule has 31 heavy (non-hydrogen) atoms. The van der Waals surface area contributed by atoms with Crippen LogP contribution in [0.4, 0.5) is 5.69 Å². The minimum atomic E-state index is -0.165. The van der Waals surface area contributed by atoms with Crippen LogP contribution in [0.5, 0.6) is 0 Å². The van der Waals surface area contributed by atoms with Gasteiger partial charge in [0.15, 0.2) is 0 Å². The van der Waals surface area contributed by atoms with Gasteiger partial charge < -0.3 is 15.6 Å². The topological polar surface area (TPSA) is 94.3 Å². The maximum absolute atomic E-state index is 12.8. The molecule has 0 aliphatic carbocycles. The predicted molar refractivity (Wildman–Crippen MR) is 124 cm³/mol. The lowest BCUT2D eigenvalue weighted by atomic mass is 10.0. The number of carbonyl (C=O) groups is 3. The molecule has 0 radical (unpaired) electrons. The Hall–Kier alpha value is -2.71. The summed E-state index contributed by atoms with van der Waals surface area (Å²) >= 11 is 3.45. The Labute approximate surface area is 189 Å². The van der Waals surface area contributed by atoms with Gasteiger partial charge in [0, 0.05) is 46.6 Å². The summed E-state index contributed by atoms with van der Waals surface area (Å²) in [6, 6.07) is 5.65. The summed E-state index contributed by atoms with van der Waals surface area (Å²) in [6.45, 7) is 6.23. The van der Waals surface area contributed by atoms with Crippen LogP contribution >= 0.6 is 15.9 Å². The van der Waals surface area contributed by atoms with E-state index in [1.165, 1.54) is 0 Å². The fourth-order valence-corrected chi connectivity index (χ4v) is 4.58. The van der Waals surface area contributed by atoms with E-state index >= 15 is 0 Å². The first kappa shape index (κ1) is 21.5. The van der Waals surface area contributed by atoms with Gasteiger partial charge in [0.2, 0.25) is 0 Å². The summed E-state index contributed by atoms with van der Waals surface area (Å²) in [6.07, 6.45) is 3.34. The fraction of sp³-hybridized carbons (Fsp3) is 0.348. The average Bonchev–Trinajstić information content (AvgIpc) is 3.17. The first-order valence-electron chi connectivity index (χ1n) is 10.4. The third kappa shape index (κ3) is 4.50. The molecule has 0 atom stereocenters. The smallest absolute Gasteiger partial charge is 0.256 e. The summed E-state index contributed by atoms with van der Waals surface area (Å²) in [5, 5.41) is 5.83. The standard InChI is InChI=1S/C23H25BrN4O3/c1-13-20(11-18-17-10-15(24)5-6-19(17)27-22(18)30)26-14(2)21(13)23(31)25-7-9-28-8-3-4-16(29)12-28/h5-6,10-11,26H,3-4,7-9,12H2,1-2H3,(H,25,31)(H,27,30)/b18-11-. The van der Waals surface area contributed by atoms with Crippen molar-refractivity contribution in [1.82, 2.24) is 15.2 Å². The van der Waals surface area contributed by atoms with Gasteiger partial charge in [0.1, 0.15) is 5.78 Å². The number of carbonyl (C=O) groups excluding carboxylic acids is 3. The zero-order valence-electron chi connectivity index (χ0n) is 17.6. The molecule has 2 aromatic rings. The lowest BCUT2D eigenvalue weighted by molar-refractivity contribution is -0.122. The molecule has 4 rings (SSSR count). The SMILES string of the molecule is Cc1[nH]c(/C=C2\C(=O)Nc3ccc(Br)cc32)c(C)c1C(=O)NCCN1CCCC(=O)C1. The molecular weight excluding hydrogens is 460 g/mol. The van der Waals surface area contributed by atoms with Crippen molar-refractivity contribution < 1.29 is 14.4 Å². The van der Waals surface area contributed by atoms with Gasteiger partial charge in [-0.15, -0.1) is 0 Å². The highest BCUT2D eigenvalue weighted by Gasteiger charge is 2.26. The van der Waals surface area contributed by atoms with E-state index in [1.54, 1.807) is 6.08 Å². The van der Waals surface area contributed by atoms with Crippen LogP contribution in [0.3, 0.4) is 0 Å². The van der Waals surface area contributed by atoms with Crippen LogP contribution in [0.15, 0.2) is 22.7 Å². The van der Waals surface area contributed by atoms with E-state index in [2.05, 4.69) is 36.4 Å². The van der Waals surface area contributed by atoms with Crippen LogP contribution < -0.4 is 10.6 Å². The van der Waals surface area contributed by atoms with Crippen molar-refractivity contribution in [3.05, 3.63) is 50.8 Å². The number of H-pyrrole nitrogens is 1. The van der Waals surface area contributed by atoms with Crippen molar-refractivity contribution in [2.24, 2.45) is 0 Å². The molecule has 3 heterocycles. The summed E-state index contributed by atoms with van der Waals surface area (Å²) in [7, 11) is 0. The number of aromatic nitrogens is 1. The van der Waals surface area contributed by atoms with Crippen LogP contribution in [0.2, 0.25) is 0 Å². The minimum absolute atomic E-state index is 0.154. The average molecular weight is 485 g/mol. The maximum Gasteiger partial charge on any atom is 0.256 e. The number of ketones is 1. The number of aromatic amines is 1. The van der Waals surface area contributed by atoms with Crippen LogP contribution in [-0.2, 0) is 9.59 Å². The van der Waals surface area contributed by atoms with Crippen molar-refractivity contribution in [2.45, 2.75) is 26.7 Å². The third-order valence-electron chi connectivity index (χ3n) is 5.80. The van der Waals surface area contributed by atoms with E-state index in [9.17, 15) is 14.4 Å². The number of Topliss-reactive ketones (excluding diaryl/α,β-unsaturated/α-hetero) is 1. The number of nitrogens with one attached hydrogen (secondary N) is 3. The molecule has 1 aromatic carbocycles. The highest BCUT2D eigenvalue weighted by Crippen LogP contribution is 2.35. The molecule has 7 nitrogen and oxygen atoms in total. The monoisotopic (exact) mass is 484 g/mol. The lowest BCUT2D eigenvalue weighted by Crippen LogP contribution is -2.41. The molecule has 1 fully saturated rings. The van der Waals surface area contributed by atoms with E-state index in [1.807, 2.05) is 32.0 Å². The van der Waals surface area contributed by atoms with E-state index in [0.29, 0.717) is 37.2 Å². The van der Waals surface area contributed by atoms with Gasteiger partial charge in [-0.1, -0.05) is 15.9 Å². The molecule has 2 aliphatic rings. The lowest BCUT2D eigenvalue weighted by Gasteiger charge is -2.25. The Kier molecular flexibility index (Phi) is 6.11. The largest absolute Gasteiger partial charge is 0.358 e. The summed E-state index contributed by atoms with van der Waals surface area (Å²) in [5.41, 5.74) is 5.04. The maximum atomic E-state index is 12.8. The Morgan fingerprint density at radius 1 is 1.29 bits per heavy atom. The zero-order chi connectivity index (χ0) is 22.1. The fourth-order valence-electron chi connectivity index (χ4n) is 4.22. The number of rotatable bonds is 5. The molecule has 2 aliphatic heterocycles. The molecule has 162 valence electrons. The first-order valence-corrected chi connectivity index (χ1v) is 11.2. The second-order valence-corrected chi connectivity index (χ2v) is 8.96. The molecule has 1 aromatic heterocycles. The summed E-state index contributed by atoms with van der Waals surface area (Å²) < 4.78 is 0.892. The van der Waals surface area contributed by atoms with Gasteiger partial charge in [0.25, 0.3) is 11.8 Å². The summed E-state index contributed by atoms with van der Waals surface area (Å²) in [5.74, 6) is -0.0581. The molecule has 0 unspecified atom stereocenters. The molecule has 0 bridgehead atoms. The number of piperidine rings is 1. The minimum Gasteiger partial charge on any atom is -0.358 e. The number of likely N-dealkylation sites (tertiary alicyclic amines) is 1. The van der Waals surface area contributed by atoms with E-state index in [4.69, 9.17) is 0 Å². The molecule has 0 saturated carbocycles. The number of hydrogen-bond acceptors (Lipinski definition) is 4. The number of fused-ring (bicyclic) bond motifs is 1. The number of anilines is 1. The van der Waals surface area contributed by atoms with Gasteiger partial charge >= 0.3 is 0 Å². The normalized spacial score (nSPS) is 17.7. The third-order valence-corrected chi connectivity index (χ3v) is 6.29. The second-order valence-electron chi connectivity index (χ2n) is 8.04. The first-order chi connectivity index (χ1) is 14.8. The van der Waals surface area contributed by atoms with Crippen LogP contribution in [0.25, 0.3) is 11.6 Å². The van der Waals surface area contributed by atoms with Crippen molar-refractivity contribution in [3.63, 3.8) is 0 Å². The van der Waals surface area contributed by atoms with Crippen molar-refractivity contribution in [1.29, 1.82) is 0 Å². The van der Waals surface area contributed by atoms with E-state index in [0.717, 1.165) is 45.6 Å². The van der Waals surface area contributed by atoms with Crippen molar-refractivity contribution in [2.75, 3.05) is 31.5 Å². The zero-order valence-corrected chi connectivity index (χ0v) is 19.2. The second kappa shape index (κ2) is 8.80.